The SMILES string of the molecule is COC(=O)c1ccc(CN(C(=O)N2CCCCC2)c2cccc(-c3ccc4c(c3)OCO4)c2)cc1. The lowest BCUT2D eigenvalue weighted by molar-refractivity contribution is 0.0600. The van der Waals surface area contributed by atoms with Gasteiger partial charge in [0.2, 0.25) is 6.79 Å². The summed E-state index contributed by atoms with van der Waals surface area (Å²) in [6, 6.07) is 21.0. The lowest BCUT2D eigenvalue weighted by Crippen LogP contribution is -2.45. The van der Waals surface area contributed by atoms with Gasteiger partial charge in [-0.3, -0.25) is 4.90 Å². The number of nitrogens with zero attached hydrogens (tertiary/aromatic N) is 2. The molecule has 3 aromatic carbocycles. The summed E-state index contributed by atoms with van der Waals surface area (Å²) in [7, 11) is 1.36. The van der Waals surface area contributed by atoms with Crippen LogP contribution >= 0.6 is 0 Å². The van der Waals surface area contributed by atoms with E-state index in [1.807, 2.05) is 64.4 Å². The third kappa shape index (κ3) is 4.94. The first-order chi connectivity index (χ1) is 17.1. The number of likely N-dealkylation sites (tertiary alicyclic amines) is 1. The van der Waals surface area contributed by atoms with Crippen molar-refractivity contribution in [3.63, 3.8) is 0 Å². The number of anilines is 1. The van der Waals surface area contributed by atoms with Crippen LogP contribution in [0.1, 0.15) is 35.2 Å². The van der Waals surface area contributed by atoms with Crippen molar-refractivity contribution in [1.82, 2.24) is 4.90 Å². The van der Waals surface area contributed by atoms with Crippen LogP contribution in [0.2, 0.25) is 0 Å². The Kier molecular flexibility index (Phi) is 6.57. The molecule has 2 aliphatic rings. The molecule has 1 saturated heterocycles. The molecule has 0 aromatic heterocycles. The number of benzene rings is 3. The molecule has 35 heavy (non-hydrogen) atoms. The molecule has 0 aliphatic carbocycles. The summed E-state index contributed by atoms with van der Waals surface area (Å²) in [5.74, 6) is 1.08. The maximum absolute atomic E-state index is 13.7. The van der Waals surface area contributed by atoms with Crippen LogP contribution in [0, 0.1) is 0 Å². The summed E-state index contributed by atoms with van der Waals surface area (Å²) in [6.07, 6.45) is 3.19. The van der Waals surface area contributed by atoms with Crippen LogP contribution in [0.4, 0.5) is 10.5 Å². The summed E-state index contributed by atoms with van der Waals surface area (Å²) in [5.41, 5.74) is 4.20. The lowest BCUT2D eigenvalue weighted by Gasteiger charge is -2.33. The van der Waals surface area contributed by atoms with Crippen LogP contribution in [0.25, 0.3) is 11.1 Å². The fourth-order valence-electron chi connectivity index (χ4n) is 4.50. The van der Waals surface area contributed by atoms with E-state index in [1.54, 1.807) is 12.1 Å². The molecule has 0 saturated carbocycles. The van der Waals surface area contributed by atoms with E-state index in [0.717, 1.165) is 66.2 Å². The molecule has 0 N–H and O–H groups in total. The molecule has 7 heteroatoms. The molecule has 0 atom stereocenters. The highest BCUT2D eigenvalue weighted by atomic mass is 16.7. The van der Waals surface area contributed by atoms with Gasteiger partial charge in [-0.2, -0.15) is 0 Å². The van der Waals surface area contributed by atoms with Crippen molar-refractivity contribution in [3.05, 3.63) is 77.9 Å². The van der Waals surface area contributed by atoms with E-state index in [1.165, 1.54) is 7.11 Å². The third-order valence-corrected chi connectivity index (χ3v) is 6.44. The van der Waals surface area contributed by atoms with Crippen LogP contribution in [0.3, 0.4) is 0 Å². The Morgan fingerprint density at radius 1 is 0.886 bits per heavy atom. The van der Waals surface area contributed by atoms with Gasteiger partial charge in [-0.15, -0.1) is 0 Å². The van der Waals surface area contributed by atoms with Gasteiger partial charge in [0.15, 0.2) is 11.5 Å². The lowest BCUT2D eigenvalue weighted by atomic mass is 10.0. The normalized spacial score (nSPS) is 14.5. The second kappa shape index (κ2) is 10.1. The molecule has 0 spiro atoms. The first kappa shape index (κ1) is 22.8. The second-order valence-corrected chi connectivity index (χ2v) is 8.72. The fourth-order valence-corrected chi connectivity index (χ4v) is 4.50. The summed E-state index contributed by atoms with van der Waals surface area (Å²) in [5, 5.41) is 0. The number of hydrogen-bond donors (Lipinski definition) is 0. The van der Waals surface area contributed by atoms with Crippen LogP contribution < -0.4 is 14.4 Å². The smallest absolute Gasteiger partial charge is 0.337 e. The van der Waals surface area contributed by atoms with Crippen molar-refractivity contribution in [2.45, 2.75) is 25.8 Å². The molecular formula is C28H28N2O5. The number of methoxy groups -OCH3 is 1. The summed E-state index contributed by atoms with van der Waals surface area (Å²) in [4.78, 5) is 29.2. The number of esters is 1. The Bertz CT molecular complexity index is 1220. The highest BCUT2D eigenvalue weighted by molar-refractivity contribution is 5.93. The molecular weight excluding hydrogens is 444 g/mol. The molecule has 2 heterocycles. The monoisotopic (exact) mass is 472 g/mol. The van der Waals surface area contributed by atoms with E-state index in [2.05, 4.69) is 0 Å². The molecule has 0 bridgehead atoms. The first-order valence-electron chi connectivity index (χ1n) is 11.9. The number of amides is 2. The van der Waals surface area contributed by atoms with E-state index >= 15 is 0 Å². The average Bonchev–Trinajstić information content (AvgIpc) is 3.40. The number of rotatable bonds is 5. The molecule has 1 fully saturated rings. The Morgan fingerprint density at radius 2 is 1.63 bits per heavy atom. The zero-order chi connectivity index (χ0) is 24.2. The van der Waals surface area contributed by atoms with Crippen LogP contribution in [-0.4, -0.2) is 43.9 Å². The summed E-state index contributed by atoms with van der Waals surface area (Å²) < 4.78 is 15.8. The molecule has 0 unspecified atom stereocenters. The number of hydrogen-bond acceptors (Lipinski definition) is 5. The van der Waals surface area contributed by atoms with Crippen molar-refractivity contribution in [2.24, 2.45) is 0 Å². The second-order valence-electron chi connectivity index (χ2n) is 8.72. The predicted octanol–water partition coefficient (Wildman–Crippen LogP) is 5.48. The van der Waals surface area contributed by atoms with Crippen molar-refractivity contribution in [1.29, 1.82) is 0 Å². The minimum Gasteiger partial charge on any atom is -0.465 e. The van der Waals surface area contributed by atoms with Crippen LogP contribution in [-0.2, 0) is 11.3 Å². The van der Waals surface area contributed by atoms with Gasteiger partial charge >= 0.3 is 12.0 Å². The predicted molar refractivity (Wildman–Crippen MR) is 133 cm³/mol. The van der Waals surface area contributed by atoms with Gasteiger partial charge in [0.1, 0.15) is 0 Å². The topological polar surface area (TPSA) is 68.3 Å². The molecule has 2 amide bonds. The van der Waals surface area contributed by atoms with Gasteiger partial charge in [-0.05, 0) is 72.4 Å². The number of ether oxygens (including phenoxy) is 3. The van der Waals surface area contributed by atoms with Crippen molar-refractivity contribution >= 4 is 17.7 Å². The molecule has 3 aromatic rings. The van der Waals surface area contributed by atoms with E-state index in [-0.39, 0.29) is 18.8 Å². The Balaban J connectivity index is 1.46. The zero-order valence-electron chi connectivity index (χ0n) is 19.7. The van der Waals surface area contributed by atoms with Crippen LogP contribution in [0.15, 0.2) is 66.7 Å². The molecule has 2 aliphatic heterocycles. The van der Waals surface area contributed by atoms with E-state index in [4.69, 9.17) is 14.2 Å². The number of fused-ring (bicyclic) bond motifs is 1. The zero-order valence-corrected chi connectivity index (χ0v) is 19.7. The van der Waals surface area contributed by atoms with Gasteiger partial charge < -0.3 is 19.1 Å². The van der Waals surface area contributed by atoms with Crippen molar-refractivity contribution in [2.75, 3.05) is 31.9 Å². The number of carbonyl (C=O) groups is 2. The minimum absolute atomic E-state index is 0.00965. The minimum atomic E-state index is -0.380. The standard InChI is InChI=1S/C28H28N2O5/c1-33-27(31)21-10-8-20(9-11-21)18-30(28(32)29-14-3-2-4-15-29)24-7-5-6-22(16-24)23-12-13-25-26(17-23)35-19-34-25/h5-13,16-17H,2-4,14-15,18-19H2,1H3. The molecule has 0 radical (unpaired) electrons. The van der Waals surface area contributed by atoms with E-state index < -0.39 is 0 Å². The van der Waals surface area contributed by atoms with Gasteiger partial charge in [-0.25, -0.2) is 9.59 Å². The fraction of sp³-hybridized carbons (Fsp3) is 0.286. The Hall–Kier alpha value is -4.00. The number of carbonyl (C=O) groups excluding carboxylic acids is 2. The number of urea groups is 1. The largest absolute Gasteiger partial charge is 0.465 e. The van der Waals surface area contributed by atoms with Crippen molar-refractivity contribution < 1.29 is 23.8 Å². The summed E-state index contributed by atoms with van der Waals surface area (Å²) >= 11 is 0. The van der Waals surface area contributed by atoms with E-state index in [9.17, 15) is 9.59 Å². The summed E-state index contributed by atoms with van der Waals surface area (Å²) in [6.45, 7) is 2.14. The van der Waals surface area contributed by atoms with Crippen LogP contribution in [0.5, 0.6) is 11.5 Å². The molecule has 5 rings (SSSR count). The highest BCUT2D eigenvalue weighted by Crippen LogP contribution is 2.37. The first-order valence-corrected chi connectivity index (χ1v) is 11.9. The number of piperidine rings is 1. The van der Waals surface area contributed by atoms with Gasteiger partial charge in [0, 0.05) is 18.8 Å². The maximum atomic E-state index is 13.7. The van der Waals surface area contributed by atoms with Crippen molar-refractivity contribution in [3.8, 4) is 22.6 Å². The Morgan fingerprint density at radius 3 is 2.40 bits per heavy atom. The third-order valence-electron chi connectivity index (χ3n) is 6.44. The van der Waals surface area contributed by atoms with Gasteiger partial charge in [-0.1, -0.05) is 30.3 Å². The average molecular weight is 473 g/mol. The molecule has 7 nitrogen and oxygen atoms in total. The van der Waals surface area contributed by atoms with Gasteiger partial charge in [0.05, 0.1) is 19.2 Å². The highest BCUT2D eigenvalue weighted by Gasteiger charge is 2.25. The van der Waals surface area contributed by atoms with Gasteiger partial charge in [0.25, 0.3) is 0 Å². The quantitative estimate of drug-likeness (QED) is 0.460. The van der Waals surface area contributed by atoms with E-state index in [0.29, 0.717) is 12.1 Å². The molecule has 180 valence electrons. The Labute approximate surface area is 204 Å². The maximum Gasteiger partial charge on any atom is 0.337 e.